The van der Waals surface area contributed by atoms with E-state index in [1.54, 1.807) is 13.8 Å². The Labute approximate surface area is 209 Å². The number of rotatable bonds is 13. The van der Waals surface area contributed by atoms with Crippen LogP contribution >= 0.6 is 12.6 Å². The normalized spacial score (nSPS) is 14.4. The van der Waals surface area contributed by atoms with Gasteiger partial charge in [-0.25, -0.2) is 9.78 Å². The molecule has 0 bridgehead atoms. The lowest BCUT2D eigenvalue weighted by Gasteiger charge is -2.25. The minimum Gasteiger partial charge on any atom is -0.480 e. The summed E-state index contributed by atoms with van der Waals surface area (Å²) in [4.78, 5) is 56.7. The summed E-state index contributed by atoms with van der Waals surface area (Å²) in [5, 5.41) is 16.9. The van der Waals surface area contributed by atoms with Crippen LogP contribution in [0.25, 0.3) is 0 Å². The molecule has 12 heteroatoms. The van der Waals surface area contributed by atoms with Crippen LogP contribution in [0.4, 0.5) is 0 Å². The van der Waals surface area contributed by atoms with Crippen molar-refractivity contribution in [1.29, 1.82) is 0 Å². The number of carboxylic acid groups (broad SMARTS) is 1. The second kappa shape index (κ2) is 13.5. The molecule has 0 saturated carbocycles. The maximum atomic E-state index is 13.1. The molecule has 190 valence electrons. The number of hydrogen-bond acceptors (Lipinski definition) is 7. The Bertz CT molecular complexity index is 986. The highest BCUT2D eigenvalue weighted by Crippen LogP contribution is 2.06. The summed E-state index contributed by atoms with van der Waals surface area (Å²) in [6.07, 6.45) is 3.30. The Kier molecular flexibility index (Phi) is 10.7. The first kappa shape index (κ1) is 27.9. The van der Waals surface area contributed by atoms with Crippen LogP contribution in [0.3, 0.4) is 0 Å². The van der Waals surface area contributed by atoms with Gasteiger partial charge in [-0.2, -0.15) is 12.6 Å². The van der Waals surface area contributed by atoms with Crippen molar-refractivity contribution in [2.75, 3.05) is 5.75 Å². The number of H-pyrrole nitrogens is 1. The van der Waals surface area contributed by atoms with E-state index < -0.39 is 47.9 Å². The zero-order valence-corrected chi connectivity index (χ0v) is 20.5. The zero-order chi connectivity index (χ0) is 26.0. The molecule has 3 amide bonds. The molecule has 0 saturated heterocycles. The number of nitrogens with two attached hydrogens (primary N) is 1. The Hall–Kier alpha value is -3.38. The molecule has 0 aliphatic heterocycles. The topological polar surface area (TPSA) is 179 Å². The number of benzene rings is 1. The summed E-state index contributed by atoms with van der Waals surface area (Å²) in [7, 11) is 0. The van der Waals surface area contributed by atoms with E-state index in [1.165, 1.54) is 12.5 Å². The number of nitrogens with one attached hydrogen (secondary N) is 4. The van der Waals surface area contributed by atoms with Gasteiger partial charge in [0.05, 0.1) is 12.4 Å². The van der Waals surface area contributed by atoms with Crippen molar-refractivity contribution in [3.05, 3.63) is 54.1 Å². The molecule has 0 fully saturated rings. The number of nitrogens with zero attached hydrogens (tertiary/aromatic N) is 1. The number of aromatic amines is 1. The van der Waals surface area contributed by atoms with Crippen LogP contribution in [0, 0.1) is 5.92 Å². The number of hydrogen-bond donors (Lipinski definition) is 7. The lowest BCUT2D eigenvalue weighted by molar-refractivity contribution is -0.143. The van der Waals surface area contributed by atoms with Gasteiger partial charge in [0.15, 0.2) is 0 Å². The van der Waals surface area contributed by atoms with Crippen LogP contribution in [0.1, 0.15) is 25.1 Å². The summed E-state index contributed by atoms with van der Waals surface area (Å²) < 4.78 is 0. The predicted molar refractivity (Wildman–Crippen MR) is 133 cm³/mol. The lowest BCUT2D eigenvalue weighted by atomic mass is 10.0. The molecule has 1 aromatic heterocycles. The quantitative estimate of drug-likeness (QED) is 0.182. The van der Waals surface area contributed by atoms with E-state index in [2.05, 4.69) is 38.5 Å². The van der Waals surface area contributed by atoms with Crippen LogP contribution in [0.2, 0.25) is 0 Å². The number of aromatic nitrogens is 2. The van der Waals surface area contributed by atoms with Gasteiger partial charge in [0.1, 0.15) is 18.1 Å². The standard InChI is InChI=1S/C23H32N6O5S/c1-13(2)19(23(33)34)29-22(32)18(11-35)28-21(31)17(9-15-10-25-12-26-15)27-20(30)16(24)8-14-6-4-3-5-7-14/h3-7,10,12-13,16-19,35H,8-9,11,24H2,1-2H3,(H,25,26)(H,27,30)(H,28,31)(H,29,32)(H,33,34). The second-order valence-corrected chi connectivity index (χ2v) is 8.82. The van der Waals surface area contributed by atoms with Gasteiger partial charge in [0.25, 0.3) is 0 Å². The van der Waals surface area contributed by atoms with Crippen molar-refractivity contribution in [2.45, 2.75) is 50.9 Å². The molecule has 1 heterocycles. The van der Waals surface area contributed by atoms with Crippen molar-refractivity contribution >= 4 is 36.3 Å². The van der Waals surface area contributed by atoms with Crippen molar-refractivity contribution < 1.29 is 24.3 Å². The van der Waals surface area contributed by atoms with Gasteiger partial charge >= 0.3 is 5.97 Å². The SMILES string of the molecule is CC(C)C(NC(=O)C(CS)NC(=O)C(Cc1cnc[nH]1)NC(=O)C(N)Cc1ccccc1)C(=O)O. The molecule has 35 heavy (non-hydrogen) atoms. The molecule has 2 rings (SSSR count). The molecule has 4 unspecified atom stereocenters. The molecule has 0 spiro atoms. The van der Waals surface area contributed by atoms with Gasteiger partial charge in [-0.3, -0.25) is 14.4 Å². The third-order valence-corrected chi connectivity index (χ3v) is 5.66. The number of carbonyl (C=O) groups excluding carboxylic acids is 3. The number of carbonyl (C=O) groups is 4. The summed E-state index contributed by atoms with van der Waals surface area (Å²) in [5.74, 6) is -3.51. The predicted octanol–water partition coefficient (Wildman–Crippen LogP) is -0.353. The first-order chi connectivity index (χ1) is 16.6. The average Bonchev–Trinajstić information content (AvgIpc) is 3.33. The summed E-state index contributed by atoms with van der Waals surface area (Å²) in [6.45, 7) is 3.31. The van der Waals surface area contributed by atoms with Gasteiger partial charge < -0.3 is 31.8 Å². The van der Waals surface area contributed by atoms with Crippen LogP contribution < -0.4 is 21.7 Å². The fourth-order valence-electron chi connectivity index (χ4n) is 3.30. The highest BCUT2D eigenvalue weighted by molar-refractivity contribution is 7.80. The van der Waals surface area contributed by atoms with E-state index in [-0.39, 0.29) is 24.5 Å². The van der Waals surface area contributed by atoms with Crippen molar-refractivity contribution in [2.24, 2.45) is 11.7 Å². The highest BCUT2D eigenvalue weighted by atomic mass is 32.1. The first-order valence-corrected chi connectivity index (χ1v) is 11.8. The monoisotopic (exact) mass is 504 g/mol. The maximum absolute atomic E-state index is 13.1. The third kappa shape index (κ3) is 8.72. The molecule has 1 aromatic carbocycles. The third-order valence-electron chi connectivity index (χ3n) is 5.29. The Balaban J connectivity index is 2.10. The second-order valence-electron chi connectivity index (χ2n) is 8.45. The van der Waals surface area contributed by atoms with Crippen molar-refractivity contribution in [1.82, 2.24) is 25.9 Å². The lowest BCUT2D eigenvalue weighted by Crippen LogP contribution is -2.58. The fourth-order valence-corrected chi connectivity index (χ4v) is 3.56. The van der Waals surface area contributed by atoms with Gasteiger partial charge in [-0.05, 0) is 17.9 Å². The molecule has 7 N–H and O–H groups in total. The van der Waals surface area contributed by atoms with Crippen LogP contribution in [0.15, 0.2) is 42.9 Å². The smallest absolute Gasteiger partial charge is 0.326 e. The summed E-state index contributed by atoms with van der Waals surface area (Å²) >= 11 is 4.12. The summed E-state index contributed by atoms with van der Waals surface area (Å²) in [5.41, 5.74) is 7.52. The van der Waals surface area contributed by atoms with E-state index in [0.29, 0.717) is 5.69 Å². The Morgan fingerprint density at radius 3 is 2.17 bits per heavy atom. The van der Waals surface area contributed by atoms with Crippen LogP contribution in [-0.2, 0) is 32.0 Å². The maximum Gasteiger partial charge on any atom is 0.326 e. The first-order valence-electron chi connectivity index (χ1n) is 11.1. The molecule has 2 aromatic rings. The fraction of sp³-hybridized carbons (Fsp3) is 0.435. The highest BCUT2D eigenvalue weighted by Gasteiger charge is 2.31. The van der Waals surface area contributed by atoms with E-state index in [0.717, 1.165) is 5.56 Å². The van der Waals surface area contributed by atoms with Gasteiger partial charge in [-0.15, -0.1) is 0 Å². The van der Waals surface area contributed by atoms with Gasteiger partial charge in [0, 0.05) is 24.1 Å². The summed E-state index contributed by atoms with van der Waals surface area (Å²) in [6, 6.07) is 5.01. The molecule has 4 atom stereocenters. The number of thiol groups is 1. The Morgan fingerprint density at radius 2 is 1.63 bits per heavy atom. The Morgan fingerprint density at radius 1 is 1.00 bits per heavy atom. The van der Waals surface area contributed by atoms with E-state index in [4.69, 9.17) is 5.73 Å². The van der Waals surface area contributed by atoms with E-state index in [9.17, 15) is 24.3 Å². The molecular weight excluding hydrogens is 472 g/mol. The van der Waals surface area contributed by atoms with E-state index >= 15 is 0 Å². The minimum atomic E-state index is -1.19. The number of carboxylic acids is 1. The molecule has 0 radical (unpaired) electrons. The molecule has 11 nitrogen and oxygen atoms in total. The van der Waals surface area contributed by atoms with Gasteiger partial charge in [-0.1, -0.05) is 44.2 Å². The zero-order valence-electron chi connectivity index (χ0n) is 19.6. The molecule has 0 aliphatic rings. The van der Waals surface area contributed by atoms with Crippen LogP contribution in [-0.4, -0.2) is 68.7 Å². The number of amides is 3. The van der Waals surface area contributed by atoms with E-state index in [1.807, 2.05) is 30.3 Å². The number of aliphatic carboxylic acids is 1. The largest absolute Gasteiger partial charge is 0.480 e. The van der Waals surface area contributed by atoms with Crippen molar-refractivity contribution in [3.8, 4) is 0 Å². The van der Waals surface area contributed by atoms with Crippen molar-refractivity contribution in [3.63, 3.8) is 0 Å². The molecule has 0 aliphatic carbocycles. The number of imidazole rings is 1. The average molecular weight is 505 g/mol. The molecular formula is C23H32N6O5S. The van der Waals surface area contributed by atoms with Crippen LogP contribution in [0.5, 0.6) is 0 Å². The minimum absolute atomic E-state index is 0.0697. The van der Waals surface area contributed by atoms with Gasteiger partial charge in [0.2, 0.25) is 17.7 Å².